The van der Waals surface area contributed by atoms with Gasteiger partial charge in [-0.3, -0.25) is 4.99 Å². The van der Waals surface area contributed by atoms with E-state index < -0.39 is 6.09 Å². The minimum absolute atomic E-state index is 0.123. The van der Waals surface area contributed by atoms with Gasteiger partial charge in [-0.05, 0) is 49.1 Å². The van der Waals surface area contributed by atoms with Gasteiger partial charge in [-0.15, -0.1) is 0 Å². The number of nitrogens with one attached hydrogen (secondary N) is 1. The van der Waals surface area contributed by atoms with Gasteiger partial charge in [-0.25, -0.2) is 4.79 Å². The number of nitrogens with zero attached hydrogens (tertiary/aromatic N) is 2. The Balaban J connectivity index is 1.73. The first-order valence-corrected chi connectivity index (χ1v) is 9.21. The average molecular weight is 361 g/mol. The van der Waals surface area contributed by atoms with Gasteiger partial charge in [0.25, 0.3) is 0 Å². The fraction of sp³-hybridized carbons (Fsp3) is 0.273. The van der Waals surface area contributed by atoms with Crippen molar-refractivity contribution < 1.29 is 9.53 Å². The number of amides is 1. The topological polar surface area (TPSA) is 55.6 Å². The highest BCUT2D eigenvalue weighted by atomic mass is 16.5. The maximum absolute atomic E-state index is 11.5. The second-order valence-electron chi connectivity index (χ2n) is 6.87. The van der Waals surface area contributed by atoms with Crippen molar-refractivity contribution >= 4 is 22.7 Å². The van der Waals surface area contributed by atoms with Gasteiger partial charge in [-0.1, -0.05) is 30.3 Å². The summed E-state index contributed by atoms with van der Waals surface area (Å²) >= 11 is 0. The van der Waals surface area contributed by atoms with Crippen LogP contribution in [0.15, 0.2) is 53.5 Å². The fourth-order valence-electron chi connectivity index (χ4n) is 3.87. The van der Waals surface area contributed by atoms with E-state index in [2.05, 4.69) is 48.1 Å². The Kier molecular flexibility index (Phi) is 4.44. The number of hydrogen-bond acceptors (Lipinski definition) is 3. The summed E-state index contributed by atoms with van der Waals surface area (Å²) in [6.45, 7) is 2.14. The van der Waals surface area contributed by atoms with E-state index in [1.54, 1.807) is 7.05 Å². The van der Waals surface area contributed by atoms with E-state index in [0.29, 0.717) is 5.75 Å². The van der Waals surface area contributed by atoms with Gasteiger partial charge >= 0.3 is 6.09 Å². The first kappa shape index (κ1) is 17.3. The zero-order valence-electron chi connectivity index (χ0n) is 15.8. The third-order valence-electron chi connectivity index (χ3n) is 5.21. The minimum Gasteiger partial charge on any atom is -0.410 e. The van der Waals surface area contributed by atoms with Crippen molar-refractivity contribution in [1.82, 2.24) is 9.88 Å². The first-order chi connectivity index (χ1) is 13.1. The summed E-state index contributed by atoms with van der Waals surface area (Å²) in [5.41, 5.74) is 5.98. The Hall–Kier alpha value is -3.08. The highest BCUT2D eigenvalue weighted by Crippen LogP contribution is 2.35. The Labute approximate surface area is 158 Å². The number of rotatable bonds is 3. The molecule has 138 valence electrons. The van der Waals surface area contributed by atoms with Crippen molar-refractivity contribution in [1.29, 1.82) is 0 Å². The van der Waals surface area contributed by atoms with Gasteiger partial charge in [0.05, 0.1) is 17.4 Å². The molecule has 0 aliphatic heterocycles. The molecule has 1 N–H and O–H groups in total. The summed E-state index contributed by atoms with van der Waals surface area (Å²) in [6.07, 6.45) is 1.43. The van der Waals surface area contributed by atoms with Crippen LogP contribution in [0.25, 0.3) is 10.9 Å². The zero-order valence-corrected chi connectivity index (χ0v) is 15.8. The second-order valence-corrected chi connectivity index (χ2v) is 6.87. The van der Waals surface area contributed by atoms with E-state index in [1.807, 2.05) is 24.3 Å². The highest BCUT2D eigenvalue weighted by Gasteiger charge is 2.26. The van der Waals surface area contributed by atoms with Crippen molar-refractivity contribution in [2.75, 3.05) is 7.05 Å². The summed E-state index contributed by atoms with van der Waals surface area (Å²) in [5.74, 6) is 0.554. The lowest BCUT2D eigenvalue weighted by molar-refractivity contribution is 0.203. The quantitative estimate of drug-likeness (QED) is 0.752. The van der Waals surface area contributed by atoms with Crippen molar-refractivity contribution in [3.63, 3.8) is 0 Å². The lowest BCUT2D eigenvalue weighted by atomic mass is 10.1. The molecule has 5 nitrogen and oxygen atoms in total. The lowest BCUT2D eigenvalue weighted by Gasteiger charge is -2.10. The van der Waals surface area contributed by atoms with Gasteiger partial charge in [-0.2, -0.15) is 0 Å². The Morgan fingerprint density at radius 2 is 1.96 bits per heavy atom. The van der Waals surface area contributed by atoms with Crippen molar-refractivity contribution in [2.45, 2.75) is 25.8 Å². The van der Waals surface area contributed by atoms with Crippen LogP contribution >= 0.6 is 0 Å². The molecule has 27 heavy (non-hydrogen) atoms. The van der Waals surface area contributed by atoms with Crippen LogP contribution in [0.4, 0.5) is 4.79 Å². The molecule has 0 bridgehead atoms. The maximum Gasteiger partial charge on any atom is 0.412 e. The van der Waals surface area contributed by atoms with Crippen LogP contribution in [0.5, 0.6) is 5.75 Å². The zero-order chi connectivity index (χ0) is 19.0. The van der Waals surface area contributed by atoms with E-state index in [9.17, 15) is 4.79 Å². The molecule has 1 heterocycles. The van der Waals surface area contributed by atoms with Crippen LogP contribution < -0.4 is 10.1 Å². The SMILES string of the molecule is CNC(=O)Oc1ccc2c(c1)c1c(n2C)C(=NC(C)c2ccccc2)CC1. The normalized spacial score (nSPS) is 15.7. The maximum atomic E-state index is 11.5. The van der Waals surface area contributed by atoms with Gasteiger partial charge in [0.1, 0.15) is 5.75 Å². The monoisotopic (exact) mass is 361 g/mol. The molecule has 1 atom stereocenters. The molecule has 1 aromatic heterocycles. The van der Waals surface area contributed by atoms with E-state index in [4.69, 9.17) is 9.73 Å². The molecule has 5 heteroatoms. The average Bonchev–Trinajstić information content (AvgIpc) is 3.22. The van der Waals surface area contributed by atoms with Gasteiger partial charge in [0.15, 0.2) is 0 Å². The third kappa shape index (κ3) is 3.10. The summed E-state index contributed by atoms with van der Waals surface area (Å²) in [6, 6.07) is 16.3. The predicted molar refractivity (Wildman–Crippen MR) is 108 cm³/mol. The van der Waals surface area contributed by atoms with Crippen LogP contribution in [-0.2, 0) is 13.5 Å². The van der Waals surface area contributed by atoms with Crippen LogP contribution in [-0.4, -0.2) is 23.4 Å². The molecule has 0 saturated heterocycles. The summed E-state index contributed by atoms with van der Waals surface area (Å²) in [4.78, 5) is 16.5. The van der Waals surface area contributed by atoms with Crippen LogP contribution in [0.3, 0.4) is 0 Å². The molecule has 0 fully saturated rings. The Bertz CT molecular complexity index is 1030. The summed E-state index contributed by atoms with van der Waals surface area (Å²) in [5, 5.41) is 3.61. The third-order valence-corrected chi connectivity index (χ3v) is 5.21. The minimum atomic E-state index is -0.458. The molecule has 1 aliphatic rings. The van der Waals surface area contributed by atoms with Crippen LogP contribution in [0.1, 0.15) is 36.2 Å². The number of benzene rings is 2. The number of fused-ring (bicyclic) bond motifs is 3. The van der Waals surface area contributed by atoms with Gasteiger partial charge in [0, 0.05) is 25.0 Å². The molecule has 0 saturated carbocycles. The number of aryl methyl sites for hydroxylation is 2. The fourth-order valence-corrected chi connectivity index (χ4v) is 3.87. The smallest absolute Gasteiger partial charge is 0.410 e. The van der Waals surface area contributed by atoms with E-state index in [0.717, 1.165) is 29.5 Å². The molecule has 3 aromatic rings. The molecule has 0 spiro atoms. The molecule has 0 radical (unpaired) electrons. The molecule has 1 amide bonds. The van der Waals surface area contributed by atoms with Crippen LogP contribution in [0, 0.1) is 0 Å². The number of carbonyl (C=O) groups excluding carboxylic acids is 1. The van der Waals surface area contributed by atoms with Crippen molar-refractivity contribution in [3.8, 4) is 5.75 Å². The van der Waals surface area contributed by atoms with Gasteiger partial charge < -0.3 is 14.6 Å². The van der Waals surface area contributed by atoms with Gasteiger partial charge in [0.2, 0.25) is 0 Å². The molecule has 1 unspecified atom stereocenters. The van der Waals surface area contributed by atoms with Crippen LogP contribution in [0.2, 0.25) is 0 Å². The Morgan fingerprint density at radius 1 is 1.19 bits per heavy atom. The number of aromatic nitrogens is 1. The highest BCUT2D eigenvalue weighted by molar-refractivity contribution is 6.09. The number of ether oxygens (including phenoxy) is 1. The summed E-state index contributed by atoms with van der Waals surface area (Å²) in [7, 11) is 3.63. The van der Waals surface area contributed by atoms with Crippen molar-refractivity contribution in [2.24, 2.45) is 12.0 Å². The standard InChI is InChI=1S/C22H23N3O2/c1-14(15-7-5-4-6-8-15)24-19-11-10-17-18-13-16(27-22(26)23-2)9-12-20(18)25(3)21(17)19/h4-9,12-14H,10-11H2,1-3H3,(H,23,26). The molecule has 1 aliphatic carbocycles. The predicted octanol–water partition coefficient (Wildman–Crippen LogP) is 4.39. The number of aliphatic imine (C=N–C) groups is 1. The Morgan fingerprint density at radius 3 is 2.70 bits per heavy atom. The van der Waals surface area contributed by atoms with E-state index in [1.165, 1.54) is 16.8 Å². The summed E-state index contributed by atoms with van der Waals surface area (Å²) < 4.78 is 7.51. The first-order valence-electron chi connectivity index (χ1n) is 9.21. The molecular weight excluding hydrogens is 338 g/mol. The largest absolute Gasteiger partial charge is 0.412 e. The molecule has 2 aromatic carbocycles. The number of carbonyl (C=O) groups is 1. The van der Waals surface area contributed by atoms with E-state index in [-0.39, 0.29) is 6.04 Å². The lowest BCUT2D eigenvalue weighted by Crippen LogP contribution is -2.21. The molecular formula is C22H23N3O2. The number of hydrogen-bond donors (Lipinski definition) is 1. The second kappa shape index (κ2) is 6.91. The van der Waals surface area contributed by atoms with E-state index >= 15 is 0 Å². The van der Waals surface area contributed by atoms with Crippen molar-refractivity contribution in [3.05, 3.63) is 65.4 Å². The molecule has 4 rings (SSSR count).